The van der Waals surface area contributed by atoms with Crippen molar-refractivity contribution in [2.24, 2.45) is 0 Å². The summed E-state index contributed by atoms with van der Waals surface area (Å²) in [5.74, 6) is 0.501. The van der Waals surface area contributed by atoms with Crippen LogP contribution in [0.15, 0.2) is 35.9 Å². The van der Waals surface area contributed by atoms with Gasteiger partial charge in [-0.1, -0.05) is 30.7 Å². The summed E-state index contributed by atoms with van der Waals surface area (Å²) < 4.78 is 12.8. The molecule has 0 spiro atoms. The molecule has 2 rings (SSSR count). The highest BCUT2D eigenvalue weighted by atomic mass is 19.1. The van der Waals surface area contributed by atoms with E-state index >= 15 is 0 Å². The first-order valence-corrected chi connectivity index (χ1v) is 6.23. The predicted molar refractivity (Wildman–Crippen MR) is 66.0 cm³/mol. The number of hydrogen-bond acceptors (Lipinski definition) is 0. The molecule has 0 nitrogen and oxygen atoms in total. The van der Waals surface area contributed by atoms with Gasteiger partial charge < -0.3 is 0 Å². The van der Waals surface area contributed by atoms with Crippen molar-refractivity contribution in [1.29, 1.82) is 0 Å². The Labute approximate surface area is 97.2 Å². The zero-order valence-corrected chi connectivity index (χ0v) is 9.88. The van der Waals surface area contributed by atoms with Gasteiger partial charge in [0.05, 0.1) is 0 Å². The van der Waals surface area contributed by atoms with Crippen molar-refractivity contribution >= 4 is 0 Å². The summed E-state index contributed by atoms with van der Waals surface area (Å²) in [5.41, 5.74) is 2.91. The van der Waals surface area contributed by atoms with Crippen LogP contribution in [0.25, 0.3) is 0 Å². The van der Waals surface area contributed by atoms with Crippen LogP contribution in [0.1, 0.15) is 50.5 Å². The van der Waals surface area contributed by atoms with E-state index in [9.17, 15) is 4.39 Å². The lowest BCUT2D eigenvalue weighted by atomic mass is 9.81. The van der Waals surface area contributed by atoms with Gasteiger partial charge in [0.15, 0.2) is 0 Å². The minimum atomic E-state index is -0.133. The maximum Gasteiger partial charge on any atom is 0.123 e. The summed E-state index contributed by atoms with van der Waals surface area (Å²) in [7, 11) is 0. The fourth-order valence-corrected chi connectivity index (χ4v) is 2.55. The Kier molecular flexibility index (Phi) is 3.76. The largest absolute Gasteiger partial charge is 0.207 e. The molecular formula is C15H19F. The minimum absolute atomic E-state index is 0.133. The topological polar surface area (TPSA) is 0 Å². The molecule has 1 aliphatic rings. The monoisotopic (exact) mass is 218 g/mol. The molecule has 0 heterocycles. The van der Waals surface area contributed by atoms with Gasteiger partial charge in [-0.05, 0) is 55.7 Å². The van der Waals surface area contributed by atoms with Crippen LogP contribution in [-0.2, 0) is 0 Å². The van der Waals surface area contributed by atoms with Crippen LogP contribution in [0, 0.1) is 5.82 Å². The van der Waals surface area contributed by atoms with Crippen molar-refractivity contribution in [2.75, 3.05) is 0 Å². The first kappa shape index (κ1) is 11.4. The maximum atomic E-state index is 12.8. The van der Waals surface area contributed by atoms with Gasteiger partial charge in [0.1, 0.15) is 5.82 Å². The quantitative estimate of drug-likeness (QED) is 0.624. The molecule has 16 heavy (non-hydrogen) atoms. The molecule has 0 aliphatic heterocycles. The van der Waals surface area contributed by atoms with E-state index in [0.29, 0.717) is 5.92 Å². The van der Waals surface area contributed by atoms with E-state index in [2.05, 4.69) is 13.0 Å². The van der Waals surface area contributed by atoms with E-state index in [-0.39, 0.29) is 5.82 Å². The first-order chi connectivity index (χ1) is 7.79. The second-order valence-corrected chi connectivity index (χ2v) is 4.60. The van der Waals surface area contributed by atoms with Crippen molar-refractivity contribution in [3.8, 4) is 0 Å². The summed E-state index contributed by atoms with van der Waals surface area (Å²) >= 11 is 0. The van der Waals surface area contributed by atoms with Gasteiger partial charge in [-0.25, -0.2) is 4.39 Å². The Morgan fingerprint density at radius 3 is 2.38 bits per heavy atom. The third kappa shape index (κ3) is 2.72. The van der Waals surface area contributed by atoms with E-state index in [1.54, 1.807) is 17.7 Å². The van der Waals surface area contributed by atoms with E-state index in [4.69, 9.17) is 0 Å². The van der Waals surface area contributed by atoms with Crippen molar-refractivity contribution in [3.63, 3.8) is 0 Å². The minimum Gasteiger partial charge on any atom is -0.207 e. The first-order valence-electron chi connectivity index (χ1n) is 6.23. The highest BCUT2D eigenvalue weighted by Crippen LogP contribution is 2.35. The van der Waals surface area contributed by atoms with Gasteiger partial charge in [-0.15, -0.1) is 0 Å². The van der Waals surface area contributed by atoms with Crippen LogP contribution in [0.4, 0.5) is 4.39 Å². The van der Waals surface area contributed by atoms with Gasteiger partial charge >= 0.3 is 0 Å². The average molecular weight is 218 g/mol. The van der Waals surface area contributed by atoms with E-state index < -0.39 is 0 Å². The summed E-state index contributed by atoms with van der Waals surface area (Å²) in [6.07, 6.45) is 8.39. The molecule has 86 valence electrons. The second kappa shape index (κ2) is 5.29. The highest BCUT2D eigenvalue weighted by molar-refractivity contribution is 5.22. The molecule has 1 saturated carbocycles. The lowest BCUT2D eigenvalue weighted by molar-refractivity contribution is 0.514. The molecule has 0 saturated heterocycles. The van der Waals surface area contributed by atoms with Gasteiger partial charge in [0.25, 0.3) is 0 Å². The molecule has 1 aromatic rings. The number of rotatable bonds is 2. The second-order valence-electron chi connectivity index (χ2n) is 4.60. The molecule has 0 atom stereocenters. The molecule has 0 aromatic heterocycles. The van der Waals surface area contributed by atoms with Crippen molar-refractivity contribution in [1.82, 2.24) is 0 Å². The Hall–Kier alpha value is -1.11. The molecular weight excluding hydrogens is 199 g/mol. The summed E-state index contributed by atoms with van der Waals surface area (Å²) in [5, 5.41) is 0. The zero-order chi connectivity index (χ0) is 11.4. The molecule has 1 aliphatic carbocycles. The average Bonchev–Trinajstić information content (AvgIpc) is 2.32. The molecule has 1 aromatic carbocycles. The fourth-order valence-electron chi connectivity index (χ4n) is 2.55. The Bertz CT molecular complexity index is 352. The maximum absolute atomic E-state index is 12.8. The van der Waals surface area contributed by atoms with Crippen LogP contribution in [0.5, 0.6) is 0 Å². The summed E-state index contributed by atoms with van der Waals surface area (Å²) in [6.45, 7) is 2.19. The van der Waals surface area contributed by atoms with Crippen molar-refractivity contribution < 1.29 is 4.39 Å². The smallest absolute Gasteiger partial charge is 0.123 e. The number of allylic oxidation sites excluding steroid dienone is 2. The molecule has 1 fully saturated rings. The van der Waals surface area contributed by atoms with Crippen molar-refractivity contribution in [2.45, 2.75) is 44.9 Å². The molecule has 0 amide bonds. The highest BCUT2D eigenvalue weighted by Gasteiger charge is 2.17. The third-order valence-corrected chi connectivity index (χ3v) is 3.46. The SMILES string of the molecule is CCC=C1CCC(c2ccc(F)cc2)CC1. The molecule has 1 heteroatoms. The van der Waals surface area contributed by atoms with Crippen LogP contribution in [0.2, 0.25) is 0 Å². The van der Waals surface area contributed by atoms with Crippen LogP contribution >= 0.6 is 0 Å². The lowest BCUT2D eigenvalue weighted by Crippen LogP contribution is -2.06. The number of halogens is 1. The predicted octanol–water partition coefficient (Wildman–Crippen LogP) is 4.82. The normalized spacial score (nSPS) is 20.9. The van der Waals surface area contributed by atoms with Gasteiger partial charge in [-0.3, -0.25) is 0 Å². The summed E-state index contributed by atoms with van der Waals surface area (Å²) in [6, 6.07) is 7.03. The third-order valence-electron chi connectivity index (χ3n) is 3.46. The van der Waals surface area contributed by atoms with Gasteiger partial charge in [0.2, 0.25) is 0 Å². The zero-order valence-electron chi connectivity index (χ0n) is 9.88. The Morgan fingerprint density at radius 2 is 1.81 bits per heavy atom. The molecule has 0 unspecified atom stereocenters. The number of hydrogen-bond donors (Lipinski definition) is 0. The van der Waals surface area contributed by atoms with Crippen LogP contribution in [0.3, 0.4) is 0 Å². The van der Waals surface area contributed by atoms with Crippen LogP contribution in [-0.4, -0.2) is 0 Å². The molecule has 0 bridgehead atoms. The van der Waals surface area contributed by atoms with E-state index in [0.717, 1.165) is 6.42 Å². The Morgan fingerprint density at radius 1 is 1.19 bits per heavy atom. The summed E-state index contributed by atoms with van der Waals surface area (Å²) in [4.78, 5) is 0. The van der Waals surface area contributed by atoms with Crippen LogP contribution < -0.4 is 0 Å². The molecule has 0 radical (unpaired) electrons. The molecule has 0 N–H and O–H groups in total. The van der Waals surface area contributed by atoms with Crippen molar-refractivity contribution in [3.05, 3.63) is 47.3 Å². The number of benzene rings is 1. The van der Waals surface area contributed by atoms with E-state index in [1.807, 2.05) is 12.1 Å². The standard InChI is InChI=1S/C15H19F/c1-2-3-12-4-6-13(7-5-12)14-8-10-15(16)11-9-14/h3,8-11,13H,2,4-7H2,1H3. The lowest BCUT2D eigenvalue weighted by Gasteiger charge is -2.24. The van der Waals surface area contributed by atoms with Gasteiger partial charge in [0, 0.05) is 0 Å². The Balaban J connectivity index is 1.99. The van der Waals surface area contributed by atoms with E-state index in [1.165, 1.54) is 31.2 Å². The fraction of sp³-hybridized carbons (Fsp3) is 0.467. The van der Waals surface area contributed by atoms with Gasteiger partial charge in [-0.2, -0.15) is 0 Å².